The highest BCUT2D eigenvalue weighted by Crippen LogP contribution is 2.48. The lowest BCUT2D eigenvalue weighted by Gasteiger charge is -2.30. The maximum absolute atomic E-state index is 13.2. The topological polar surface area (TPSA) is 105 Å². The standard InChI is InChI=1S/C23H19NO6/c1-12-18(23(28)29-2)19(13-7-9-14(10-8-13)30-11-17(25)26)20-21(24-12)15-5-3-4-6-16(15)22(20)27/h3-10,18-19H,11H2,1-2H3,(H,25,26)/p-1/t18?,19-/m1/s1. The van der Waals surface area contributed by atoms with Gasteiger partial charge < -0.3 is 19.4 Å². The summed E-state index contributed by atoms with van der Waals surface area (Å²) in [7, 11) is 1.30. The van der Waals surface area contributed by atoms with Crippen molar-refractivity contribution < 1.29 is 29.0 Å². The van der Waals surface area contributed by atoms with E-state index in [1.165, 1.54) is 7.11 Å². The first-order chi connectivity index (χ1) is 14.4. The highest BCUT2D eigenvalue weighted by Gasteiger charge is 2.45. The first kappa shape index (κ1) is 19.6. The number of carbonyl (C=O) groups is 3. The van der Waals surface area contributed by atoms with Crippen LogP contribution in [0.15, 0.2) is 59.1 Å². The van der Waals surface area contributed by atoms with E-state index in [0.717, 1.165) is 5.56 Å². The average molecular weight is 404 g/mol. The number of carbonyl (C=O) groups excluding carboxylic acids is 3. The average Bonchev–Trinajstić information content (AvgIpc) is 3.03. The van der Waals surface area contributed by atoms with Gasteiger partial charge in [-0.25, -0.2) is 0 Å². The fourth-order valence-electron chi connectivity index (χ4n) is 4.05. The van der Waals surface area contributed by atoms with Gasteiger partial charge in [-0.15, -0.1) is 0 Å². The van der Waals surface area contributed by atoms with Gasteiger partial charge in [0, 0.05) is 28.3 Å². The number of hydrogen-bond acceptors (Lipinski definition) is 7. The number of nitrogens with zero attached hydrogens (tertiary/aromatic N) is 1. The van der Waals surface area contributed by atoms with Crippen molar-refractivity contribution in [3.8, 4) is 5.75 Å². The summed E-state index contributed by atoms with van der Waals surface area (Å²) in [4.78, 5) is 41.1. The first-order valence-electron chi connectivity index (χ1n) is 9.36. The van der Waals surface area contributed by atoms with Crippen LogP contribution in [0.4, 0.5) is 0 Å². The van der Waals surface area contributed by atoms with Crippen molar-refractivity contribution in [2.75, 3.05) is 13.7 Å². The molecule has 152 valence electrons. The lowest BCUT2D eigenvalue weighted by atomic mass is 9.75. The number of methoxy groups -OCH3 is 1. The number of Topliss-reactive ketones (excluding diaryl/α,β-unsaturated/α-hetero) is 1. The molecule has 7 heteroatoms. The van der Waals surface area contributed by atoms with Crippen molar-refractivity contribution in [1.82, 2.24) is 0 Å². The summed E-state index contributed by atoms with van der Waals surface area (Å²) in [5.41, 5.74) is 3.61. The predicted molar refractivity (Wildman–Crippen MR) is 106 cm³/mol. The number of rotatable bonds is 5. The van der Waals surface area contributed by atoms with Crippen molar-refractivity contribution in [2.24, 2.45) is 10.9 Å². The molecule has 2 aromatic carbocycles. The molecule has 0 saturated heterocycles. The SMILES string of the molecule is COC(=O)C1C(C)=NC2=C(C(=O)c3ccccc32)[C@@H]1c1ccc(OCC(=O)[O-])cc1. The van der Waals surface area contributed by atoms with Crippen LogP contribution in [-0.2, 0) is 14.3 Å². The number of carboxylic acids is 1. The van der Waals surface area contributed by atoms with E-state index >= 15 is 0 Å². The predicted octanol–water partition coefficient (Wildman–Crippen LogP) is 1.77. The fourth-order valence-corrected chi connectivity index (χ4v) is 4.05. The van der Waals surface area contributed by atoms with Crippen molar-refractivity contribution in [1.29, 1.82) is 0 Å². The molecule has 0 N–H and O–H groups in total. The summed E-state index contributed by atoms with van der Waals surface area (Å²) in [5.74, 6) is -2.95. The van der Waals surface area contributed by atoms with Crippen LogP contribution in [0.25, 0.3) is 5.70 Å². The molecule has 4 rings (SSSR count). The minimum atomic E-state index is -1.33. The summed E-state index contributed by atoms with van der Waals surface area (Å²) in [6, 6.07) is 13.9. The molecule has 0 amide bonds. The van der Waals surface area contributed by atoms with E-state index in [1.807, 2.05) is 12.1 Å². The van der Waals surface area contributed by atoms with Gasteiger partial charge in [-0.2, -0.15) is 0 Å². The van der Waals surface area contributed by atoms with Gasteiger partial charge in [-0.05, 0) is 24.6 Å². The Kier molecular flexibility index (Phi) is 4.95. The normalized spacial score (nSPS) is 19.7. The second kappa shape index (κ2) is 7.59. The van der Waals surface area contributed by atoms with Gasteiger partial charge >= 0.3 is 5.97 Å². The Balaban J connectivity index is 1.80. The van der Waals surface area contributed by atoms with Crippen LogP contribution in [0, 0.1) is 5.92 Å². The van der Waals surface area contributed by atoms with Crippen molar-refractivity contribution in [3.05, 3.63) is 70.8 Å². The number of esters is 1. The van der Waals surface area contributed by atoms with E-state index in [1.54, 1.807) is 43.3 Å². The summed E-state index contributed by atoms with van der Waals surface area (Å²) in [6.07, 6.45) is 0. The van der Waals surface area contributed by atoms with Crippen molar-refractivity contribution in [3.63, 3.8) is 0 Å². The van der Waals surface area contributed by atoms with Crippen LogP contribution < -0.4 is 9.84 Å². The highest BCUT2D eigenvalue weighted by atomic mass is 16.5. The highest BCUT2D eigenvalue weighted by molar-refractivity contribution is 6.24. The lowest BCUT2D eigenvalue weighted by Crippen LogP contribution is -2.34. The van der Waals surface area contributed by atoms with E-state index in [4.69, 9.17) is 9.47 Å². The zero-order valence-electron chi connectivity index (χ0n) is 16.4. The van der Waals surface area contributed by atoms with Gasteiger partial charge in [-0.1, -0.05) is 36.4 Å². The molecule has 1 unspecified atom stereocenters. The summed E-state index contributed by atoms with van der Waals surface area (Å²) in [5, 5.41) is 10.6. The Hall–Kier alpha value is -3.74. The fraction of sp³-hybridized carbons (Fsp3) is 0.217. The van der Waals surface area contributed by atoms with Crippen LogP contribution in [0.2, 0.25) is 0 Å². The van der Waals surface area contributed by atoms with Gasteiger partial charge in [0.15, 0.2) is 5.78 Å². The quantitative estimate of drug-likeness (QED) is 0.704. The number of ketones is 1. The lowest BCUT2D eigenvalue weighted by molar-refractivity contribution is -0.307. The Morgan fingerprint density at radius 3 is 2.37 bits per heavy atom. The molecule has 0 fully saturated rings. The summed E-state index contributed by atoms with van der Waals surface area (Å²) < 4.78 is 10.1. The summed E-state index contributed by atoms with van der Waals surface area (Å²) in [6.45, 7) is 1.18. The van der Waals surface area contributed by atoms with Gasteiger partial charge in [-0.3, -0.25) is 14.6 Å². The molecule has 2 aliphatic rings. The van der Waals surface area contributed by atoms with Crippen molar-refractivity contribution in [2.45, 2.75) is 12.8 Å². The molecule has 0 bridgehead atoms. The number of carboxylic acid groups (broad SMARTS) is 1. The monoisotopic (exact) mass is 404 g/mol. The molecule has 0 aromatic heterocycles. The minimum absolute atomic E-state index is 0.159. The molecule has 2 atom stereocenters. The largest absolute Gasteiger partial charge is 0.546 e. The molecular weight excluding hydrogens is 386 g/mol. The number of ether oxygens (including phenoxy) is 2. The Bertz CT molecular complexity index is 1110. The third-order valence-corrected chi connectivity index (χ3v) is 5.36. The number of benzene rings is 2. The van der Waals surface area contributed by atoms with E-state index < -0.39 is 30.4 Å². The van der Waals surface area contributed by atoms with Crippen LogP contribution >= 0.6 is 0 Å². The summed E-state index contributed by atoms with van der Waals surface area (Å²) >= 11 is 0. The van der Waals surface area contributed by atoms with Crippen LogP contribution in [0.1, 0.15) is 34.3 Å². The Morgan fingerprint density at radius 1 is 1.07 bits per heavy atom. The second-order valence-corrected chi connectivity index (χ2v) is 7.10. The molecular formula is C23H18NO6-. The molecule has 0 saturated carbocycles. The zero-order valence-corrected chi connectivity index (χ0v) is 16.4. The van der Waals surface area contributed by atoms with Gasteiger partial charge in [0.1, 0.15) is 18.3 Å². The third kappa shape index (κ3) is 3.18. The van der Waals surface area contributed by atoms with E-state index in [9.17, 15) is 19.5 Å². The molecule has 1 aliphatic carbocycles. The molecule has 1 heterocycles. The number of allylic oxidation sites excluding steroid dienone is 1. The van der Waals surface area contributed by atoms with Crippen LogP contribution in [0.5, 0.6) is 5.75 Å². The first-order valence-corrected chi connectivity index (χ1v) is 9.36. The smallest absolute Gasteiger partial charge is 0.315 e. The van der Waals surface area contributed by atoms with Gasteiger partial charge in [0.25, 0.3) is 0 Å². The van der Waals surface area contributed by atoms with E-state index in [2.05, 4.69) is 4.99 Å². The molecule has 7 nitrogen and oxygen atoms in total. The number of fused-ring (bicyclic) bond motifs is 2. The maximum Gasteiger partial charge on any atom is 0.315 e. The Labute approximate surface area is 172 Å². The van der Waals surface area contributed by atoms with Crippen molar-refractivity contribution >= 4 is 29.1 Å². The molecule has 1 aliphatic heterocycles. The van der Waals surface area contributed by atoms with Crippen LogP contribution in [0.3, 0.4) is 0 Å². The van der Waals surface area contributed by atoms with E-state index in [-0.39, 0.29) is 5.78 Å². The zero-order chi connectivity index (χ0) is 21.4. The maximum atomic E-state index is 13.2. The number of aliphatic imine (C=N–C) groups is 1. The number of aliphatic carboxylic acids is 1. The second-order valence-electron chi connectivity index (χ2n) is 7.10. The van der Waals surface area contributed by atoms with E-state index in [0.29, 0.717) is 33.9 Å². The third-order valence-electron chi connectivity index (χ3n) is 5.36. The molecule has 30 heavy (non-hydrogen) atoms. The minimum Gasteiger partial charge on any atom is -0.546 e. The molecule has 0 spiro atoms. The van der Waals surface area contributed by atoms with Gasteiger partial charge in [0.05, 0.1) is 18.8 Å². The molecule has 0 radical (unpaired) electrons. The number of hydrogen-bond donors (Lipinski definition) is 0. The van der Waals surface area contributed by atoms with Gasteiger partial charge in [0.2, 0.25) is 0 Å². The van der Waals surface area contributed by atoms with Crippen LogP contribution in [-0.4, -0.2) is 37.2 Å². The Morgan fingerprint density at radius 2 is 1.73 bits per heavy atom. The molecule has 2 aromatic rings.